The van der Waals surface area contributed by atoms with E-state index in [0.29, 0.717) is 10.3 Å². The summed E-state index contributed by atoms with van der Waals surface area (Å²) in [7, 11) is 1.31. The highest BCUT2D eigenvalue weighted by Gasteiger charge is 2.45. The number of ether oxygens (including phenoxy) is 1. The van der Waals surface area contributed by atoms with Crippen LogP contribution in [0.1, 0.15) is 19.8 Å². The third kappa shape index (κ3) is 5.98. The van der Waals surface area contributed by atoms with Crippen molar-refractivity contribution in [2.24, 2.45) is 0 Å². The zero-order valence-electron chi connectivity index (χ0n) is 16.5. The van der Waals surface area contributed by atoms with Crippen molar-refractivity contribution in [3.05, 3.63) is 30.5 Å². The molecular formula is C19H19F6N3O3. The van der Waals surface area contributed by atoms with E-state index in [1.54, 1.807) is 23.5 Å². The van der Waals surface area contributed by atoms with Crippen LogP contribution in [0.5, 0.6) is 5.75 Å². The summed E-state index contributed by atoms with van der Waals surface area (Å²) in [6.45, 7) is 0.900. The number of nitrogens with zero attached hydrogens (tertiary/aromatic N) is 2. The first-order valence-electron chi connectivity index (χ1n) is 9.04. The lowest BCUT2D eigenvalue weighted by molar-refractivity contribution is -0.173. The fourth-order valence-corrected chi connectivity index (χ4v) is 2.96. The summed E-state index contributed by atoms with van der Waals surface area (Å²) in [4.78, 5) is 27.7. The summed E-state index contributed by atoms with van der Waals surface area (Å²) in [5.41, 5.74) is -0.0257. The summed E-state index contributed by atoms with van der Waals surface area (Å²) in [5, 5.41) is 2.07. The molecule has 1 N–H and O–H groups in total. The largest absolute Gasteiger partial charge is 0.497 e. The van der Waals surface area contributed by atoms with E-state index >= 15 is 0 Å². The van der Waals surface area contributed by atoms with Crippen LogP contribution in [-0.4, -0.2) is 48.8 Å². The number of carbonyl (C=O) groups excluding carboxylic acids is 2. The number of aromatic nitrogens is 1. The number of fused-ring (bicyclic) bond motifs is 1. The minimum absolute atomic E-state index is 0.0973. The van der Waals surface area contributed by atoms with Gasteiger partial charge in [0.2, 0.25) is 0 Å². The zero-order chi connectivity index (χ0) is 23.4. The Morgan fingerprint density at radius 3 is 2.42 bits per heavy atom. The number of hydrogen-bond acceptors (Lipinski definition) is 4. The van der Waals surface area contributed by atoms with E-state index in [2.05, 4.69) is 4.98 Å². The third-order valence-corrected chi connectivity index (χ3v) is 4.40. The average molecular weight is 451 g/mol. The molecule has 6 nitrogen and oxygen atoms in total. The van der Waals surface area contributed by atoms with Crippen LogP contribution in [0.3, 0.4) is 0 Å². The van der Waals surface area contributed by atoms with Gasteiger partial charge in [0.05, 0.1) is 18.3 Å². The Labute approximate surface area is 173 Å². The molecule has 1 unspecified atom stereocenters. The van der Waals surface area contributed by atoms with E-state index in [1.807, 2.05) is 0 Å². The van der Waals surface area contributed by atoms with Crippen LogP contribution in [0.4, 0.5) is 32.0 Å². The highest BCUT2D eigenvalue weighted by atomic mass is 19.4. The standard InChI is InChI=1S/C19H19F6N3O3/c1-11(5-3-8-27-16(29)18(20,21)22)28(17(30)19(23,24)25)14-10-13(31-2)9-12-6-4-7-26-15(12)14/h4,6-7,9-11H,3,5,8H2,1-2H3,(H,27,29). The number of halogens is 6. The predicted octanol–water partition coefficient (Wildman–Crippen LogP) is 3.99. The van der Waals surface area contributed by atoms with E-state index in [1.165, 1.54) is 26.3 Å². The summed E-state index contributed by atoms with van der Waals surface area (Å²) in [6, 6.07) is 4.85. The van der Waals surface area contributed by atoms with E-state index in [0.717, 1.165) is 0 Å². The second-order valence-electron chi connectivity index (χ2n) is 6.64. The van der Waals surface area contributed by atoms with Crippen LogP contribution in [0, 0.1) is 0 Å². The van der Waals surface area contributed by atoms with Crippen molar-refractivity contribution in [3.63, 3.8) is 0 Å². The quantitative estimate of drug-likeness (QED) is 0.511. The van der Waals surface area contributed by atoms with Crippen LogP contribution in [0.15, 0.2) is 30.5 Å². The molecule has 0 bridgehead atoms. The average Bonchev–Trinajstić information content (AvgIpc) is 2.69. The molecule has 31 heavy (non-hydrogen) atoms. The van der Waals surface area contributed by atoms with Gasteiger partial charge in [-0.1, -0.05) is 6.07 Å². The van der Waals surface area contributed by atoms with Crippen molar-refractivity contribution in [3.8, 4) is 5.75 Å². The van der Waals surface area contributed by atoms with Gasteiger partial charge in [0, 0.05) is 30.2 Å². The van der Waals surface area contributed by atoms with Gasteiger partial charge in [0.25, 0.3) is 0 Å². The normalized spacial score (nSPS) is 13.0. The van der Waals surface area contributed by atoms with Crippen LogP contribution in [0.2, 0.25) is 0 Å². The van der Waals surface area contributed by atoms with Gasteiger partial charge in [0.15, 0.2) is 0 Å². The van der Waals surface area contributed by atoms with Crippen LogP contribution >= 0.6 is 0 Å². The Morgan fingerprint density at radius 1 is 1.16 bits per heavy atom. The van der Waals surface area contributed by atoms with E-state index in [4.69, 9.17) is 4.74 Å². The number of anilines is 1. The molecule has 0 radical (unpaired) electrons. The smallest absolute Gasteiger partial charge is 0.471 e. The first-order chi connectivity index (χ1) is 14.4. The van der Waals surface area contributed by atoms with Crippen LogP contribution in [-0.2, 0) is 9.59 Å². The van der Waals surface area contributed by atoms with Gasteiger partial charge in [0.1, 0.15) is 5.75 Å². The van der Waals surface area contributed by atoms with Crippen molar-refractivity contribution < 1.29 is 40.7 Å². The molecule has 1 heterocycles. The lowest BCUT2D eigenvalue weighted by atomic mass is 10.1. The number of rotatable bonds is 7. The molecule has 2 aromatic rings. The third-order valence-electron chi connectivity index (χ3n) is 4.40. The summed E-state index contributed by atoms with van der Waals surface area (Å²) in [5.74, 6) is -4.11. The number of nitrogens with one attached hydrogen (secondary N) is 1. The van der Waals surface area contributed by atoms with Gasteiger partial charge >= 0.3 is 24.2 Å². The maximum absolute atomic E-state index is 13.3. The SMILES string of the molecule is COc1cc(N(C(=O)C(F)(F)F)C(C)CCCNC(=O)C(F)(F)F)c2ncccc2c1. The van der Waals surface area contributed by atoms with Crippen LogP contribution in [0.25, 0.3) is 10.9 Å². The number of hydrogen-bond donors (Lipinski definition) is 1. The van der Waals surface area contributed by atoms with Gasteiger partial charge in [-0.15, -0.1) is 0 Å². The number of methoxy groups -OCH3 is 1. The molecule has 0 aliphatic rings. The topological polar surface area (TPSA) is 71.5 Å². The lowest BCUT2D eigenvalue weighted by Gasteiger charge is -2.31. The van der Waals surface area contributed by atoms with E-state index in [9.17, 15) is 35.9 Å². The molecule has 1 atom stereocenters. The molecule has 0 saturated heterocycles. The van der Waals surface area contributed by atoms with Gasteiger partial charge < -0.3 is 10.1 Å². The molecule has 0 spiro atoms. The van der Waals surface area contributed by atoms with Crippen molar-refractivity contribution in [1.82, 2.24) is 10.3 Å². The summed E-state index contributed by atoms with van der Waals surface area (Å²) in [6.07, 6.45) is -9.13. The minimum Gasteiger partial charge on any atom is -0.497 e. The number of carbonyl (C=O) groups is 2. The number of alkyl halides is 6. The van der Waals surface area contributed by atoms with Gasteiger partial charge in [-0.25, -0.2) is 0 Å². The first-order valence-corrected chi connectivity index (χ1v) is 9.04. The maximum atomic E-state index is 13.3. The molecule has 0 fully saturated rings. The monoisotopic (exact) mass is 451 g/mol. The molecule has 0 aliphatic heterocycles. The molecule has 170 valence electrons. The molecule has 2 rings (SSSR count). The van der Waals surface area contributed by atoms with Crippen molar-refractivity contribution in [2.75, 3.05) is 18.6 Å². The lowest BCUT2D eigenvalue weighted by Crippen LogP contribution is -2.47. The van der Waals surface area contributed by atoms with Gasteiger partial charge in [-0.2, -0.15) is 26.3 Å². The molecule has 1 aromatic carbocycles. The summed E-state index contributed by atoms with van der Waals surface area (Å²) < 4.78 is 81.8. The van der Waals surface area contributed by atoms with Gasteiger partial charge in [-0.05, 0) is 31.9 Å². The Kier molecular flexibility index (Phi) is 7.34. The Bertz CT molecular complexity index is 946. The number of pyridine rings is 1. The highest BCUT2D eigenvalue weighted by molar-refractivity contribution is 6.05. The maximum Gasteiger partial charge on any atom is 0.471 e. The molecule has 0 aliphatic carbocycles. The Morgan fingerprint density at radius 2 is 1.84 bits per heavy atom. The summed E-state index contributed by atoms with van der Waals surface area (Å²) >= 11 is 0. The molecule has 0 saturated carbocycles. The van der Waals surface area contributed by atoms with Crippen molar-refractivity contribution >= 4 is 28.4 Å². The zero-order valence-corrected chi connectivity index (χ0v) is 16.5. The molecular weight excluding hydrogens is 432 g/mol. The second-order valence-corrected chi connectivity index (χ2v) is 6.64. The van der Waals surface area contributed by atoms with Crippen LogP contribution < -0.4 is 15.0 Å². The van der Waals surface area contributed by atoms with Gasteiger partial charge in [-0.3, -0.25) is 19.5 Å². The van der Waals surface area contributed by atoms with E-state index < -0.39 is 36.8 Å². The Hall–Kier alpha value is -3.05. The highest BCUT2D eigenvalue weighted by Crippen LogP contribution is 2.35. The second kappa shape index (κ2) is 9.40. The van der Waals surface area contributed by atoms with Crippen molar-refractivity contribution in [1.29, 1.82) is 0 Å². The molecule has 1 aromatic heterocycles. The van der Waals surface area contributed by atoms with Crippen molar-refractivity contribution in [2.45, 2.75) is 38.2 Å². The fourth-order valence-electron chi connectivity index (χ4n) is 2.96. The first kappa shape index (κ1) is 24.2. The number of benzene rings is 1. The predicted molar refractivity (Wildman–Crippen MR) is 99.6 cm³/mol. The molecule has 2 amide bonds. The number of amides is 2. The molecule has 12 heteroatoms. The van der Waals surface area contributed by atoms with E-state index in [-0.39, 0.29) is 29.8 Å². The fraction of sp³-hybridized carbons (Fsp3) is 0.421. The Balaban J connectivity index is 2.34. The minimum atomic E-state index is -5.21.